The SMILES string of the molecule is CC(=O)NC(C)c1cc(-c2cnc(Oc3ccc(OC(C)C)cc3Cl)s2)no1. The van der Waals surface area contributed by atoms with Gasteiger partial charge in [0.25, 0.3) is 5.19 Å². The Morgan fingerprint density at radius 2 is 2.07 bits per heavy atom. The van der Waals surface area contributed by atoms with Crippen LogP contribution in [0, 0.1) is 0 Å². The van der Waals surface area contributed by atoms with E-state index in [1.807, 2.05) is 20.8 Å². The normalized spacial score (nSPS) is 12.1. The zero-order valence-electron chi connectivity index (χ0n) is 15.9. The maximum Gasteiger partial charge on any atom is 0.279 e. The van der Waals surface area contributed by atoms with Gasteiger partial charge in [0, 0.05) is 19.1 Å². The standard InChI is InChI=1S/C19H20ClN3O4S/c1-10(2)25-13-5-6-16(14(20)7-13)26-19-21-9-18(28-19)15-8-17(27-23-15)11(3)22-12(4)24/h5-11H,1-4H3,(H,22,24). The number of benzene rings is 1. The number of carbonyl (C=O) groups is 1. The van der Waals surface area contributed by atoms with Crippen LogP contribution in [-0.2, 0) is 4.79 Å². The number of halogens is 1. The molecular formula is C19H20ClN3O4S. The highest BCUT2D eigenvalue weighted by Gasteiger charge is 2.16. The van der Waals surface area contributed by atoms with Gasteiger partial charge in [0.05, 0.1) is 28.2 Å². The van der Waals surface area contributed by atoms with E-state index in [2.05, 4.69) is 15.5 Å². The van der Waals surface area contributed by atoms with E-state index in [-0.39, 0.29) is 18.1 Å². The predicted molar refractivity (Wildman–Crippen MR) is 107 cm³/mol. The van der Waals surface area contributed by atoms with Crippen molar-refractivity contribution in [1.82, 2.24) is 15.5 Å². The van der Waals surface area contributed by atoms with Crippen LogP contribution in [0.2, 0.25) is 5.02 Å². The zero-order chi connectivity index (χ0) is 20.3. The third kappa shape index (κ3) is 5.02. The van der Waals surface area contributed by atoms with Gasteiger partial charge in [0.1, 0.15) is 17.2 Å². The molecule has 0 bridgehead atoms. The molecule has 0 spiro atoms. The second kappa shape index (κ2) is 8.62. The van der Waals surface area contributed by atoms with Crippen LogP contribution in [0.4, 0.5) is 0 Å². The van der Waals surface area contributed by atoms with Crippen LogP contribution in [0.25, 0.3) is 10.6 Å². The van der Waals surface area contributed by atoms with Crippen LogP contribution in [0.3, 0.4) is 0 Å². The lowest BCUT2D eigenvalue weighted by Crippen LogP contribution is -2.23. The number of ether oxygens (including phenoxy) is 2. The lowest BCUT2D eigenvalue weighted by Gasteiger charge is -2.11. The summed E-state index contributed by atoms with van der Waals surface area (Å²) < 4.78 is 16.7. The second-order valence-corrected chi connectivity index (χ2v) is 7.79. The Labute approximate surface area is 171 Å². The highest BCUT2D eigenvalue weighted by molar-refractivity contribution is 7.16. The molecule has 28 heavy (non-hydrogen) atoms. The van der Waals surface area contributed by atoms with Crippen molar-refractivity contribution in [1.29, 1.82) is 0 Å². The Kier molecular flexibility index (Phi) is 6.21. The first-order valence-electron chi connectivity index (χ1n) is 8.66. The molecule has 3 rings (SSSR count). The minimum absolute atomic E-state index is 0.0603. The number of amides is 1. The highest BCUT2D eigenvalue weighted by Crippen LogP contribution is 2.37. The lowest BCUT2D eigenvalue weighted by atomic mass is 10.2. The molecule has 7 nitrogen and oxygen atoms in total. The van der Waals surface area contributed by atoms with Crippen LogP contribution in [-0.4, -0.2) is 22.2 Å². The molecule has 1 aromatic carbocycles. The molecule has 0 saturated heterocycles. The van der Waals surface area contributed by atoms with Gasteiger partial charge >= 0.3 is 0 Å². The largest absolute Gasteiger partial charge is 0.491 e. The summed E-state index contributed by atoms with van der Waals surface area (Å²) in [7, 11) is 0. The highest BCUT2D eigenvalue weighted by atomic mass is 35.5. The van der Waals surface area contributed by atoms with Crippen LogP contribution in [0.15, 0.2) is 35.0 Å². The van der Waals surface area contributed by atoms with Crippen LogP contribution in [0.5, 0.6) is 16.7 Å². The molecule has 148 valence electrons. The number of rotatable bonds is 7. The monoisotopic (exact) mass is 421 g/mol. The van der Waals surface area contributed by atoms with Crippen molar-refractivity contribution in [2.45, 2.75) is 39.8 Å². The Balaban J connectivity index is 1.71. The topological polar surface area (TPSA) is 86.5 Å². The van der Waals surface area contributed by atoms with Crippen molar-refractivity contribution in [3.05, 3.63) is 41.2 Å². The maximum atomic E-state index is 11.2. The Hall–Kier alpha value is -2.58. The summed E-state index contributed by atoms with van der Waals surface area (Å²) in [4.78, 5) is 16.2. The summed E-state index contributed by atoms with van der Waals surface area (Å²) >= 11 is 7.59. The summed E-state index contributed by atoms with van der Waals surface area (Å²) in [6, 6.07) is 6.74. The summed E-state index contributed by atoms with van der Waals surface area (Å²) in [5.41, 5.74) is 0.617. The van der Waals surface area contributed by atoms with Crippen molar-refractivity contribution in [2.24, 2.45) is 0 Å². The first-order valence-corrected chi connectivity index (χ1v) is 9.85. The average molecular weight is 422 g/mol. The summed E-state index contributed by atoms with van der Waals surface area (Å²) in [6.45, 7) is 7.16. The molecule has 1 N–H and O–H groups in total. The lowest BCUT2D eigenvalue weighted by molar-refractivity contribution is -0.119. The van der Waals surface area contributed by atoms with Crippen molar-refractivity contribution in [2.75, 3.05) is 0 Å². The van der Waals surface area contributed by atoms with Crippen LogP contribution < -0.4 is 14.8 Å². The van der Waals surface area contributed by atoms with Gasteiger partial charge in [0.2, 0.25) is 5.91 Å². The minimum Gasteiger partial charge on any atom is -0.491 e. The molecule has 0 aliphatic carbocycles. The van der Waals surface area contributed by atoms with Crippen LogP contribution in [0.1, 0.15) is 39.5 Å². The fraction of sp³-hybridized carbons (Fsp3) is 0.316. The molecule has 0 fully saturated rings. The van der Waals surface area contributed by atoms with E-state index in [1.165, 1.54) is 18.3 Å². The van der Waals surface area contributed by atoms with Crippen molar-refractivity contribution in [3.63, 3.8) is 0 Å². The first-order chi connectivity index (χ1) is 13.3. The number of thiazole rings is 1. The molecule has 1 atom stereocenters. The van der Waals surface area contributed by atoms with Crippen molar-refractivity contribution >= 4 is 28.8 Å². The predicted octanol–water partition coefficient (Wildman–Crippen LogP) is 5.23. The molecule has 3 aromatic rings. The summed E-state index contributed by atoms with van der Waals surface area (Å²) in [6.07, 6.45) is 1.71. The minimum atomic E-state index is -0.271. The summed E-state index contributed by atoms with van der Waals surface area (Å²) in [5.74, 6) is 1.58. The first kappa shape index (κ1) is 20.2. The maximum absolute atomic E-state index is 11.2. The molecule has 0 saturated carbocycles. The van der Waals surface area contributed by atoms with Gasteiger partial charge in [-0.15, -0.1) is 0 Å². The molecule has 0 aliphatic rings. The number of aromatic nitrogens is 2. The van der Waals surface area contributed by atoms with Gasteiger partial charge in [0.15, 0.2) is 5.76 Å². The van der Waals surface area contributed by atoms with Gasteiger partial charge in [-0.05, 0) is 32.9 Å². The number of hydrogen-bond acceptors (Lipinski definition) is 7. The molecule has 1 unspecified atom stereocenters. The van der Waals surface area contributed by atoms with E-state index in [0.29, 0.717) is 33.2 Å². The number of nitrogens with zero attached hydrogens (tertiary/aromatic N) is 2. The van der Waals surface area contributed by atoms with E-state index < -0.39 is 0 Å². The Bertz CT molecular complexity index is 970. The fourth-order valence-corrected chi connectivity index (χ4v) is 3.35. The number of hydrogen-bond donors (Lipinski definition) is 1. The molecular weight excluding hydrogens is 402 g/mol. The van der Waals surface area contributed by atoms with Gasteiger partial charge < -0.3 is 19.3 Å². The van der Waals surface area contributed by atoms with E-state index in [4.69, 9.17) is 25.6 Å². The van der Waals surface area contributed by atoms with E-state index in [9.17, 15) is 4.79 Å². The van der Waals surface area contributed by atoms with Crippen molar-refractivity contribution in [3.8, 4) is 27.3 Å². The molecule has 1 amide bonds. The summed E-state index contributed by atoms with van der Waals surface area (Å²) in [5, 5.41) is 7.65. The van der Waals surface area contributed by atoms with Gasteiger partial charge in [-0.2, -0.15) is 0 Å². The Morgan fingerprint density at radius 1 is 1.29 bits per heavy atom. The van der Waals surface area contributed by atoms with E-state index in [0.717, 1.165) is 4.88 Å². The Morgan fingerprint density at radius 3 is 2.75 bits per heavy atom. The van der Waals surface area contributed by atoms with Crippen molar-refractivity contribution < 1.29 is 18.8 Å². The molecule has 2 aromatic heterocycles. The van der Waals surface area contributed by atoms with E-state index >= 15 is 0 Å². The average Bonchev–Trinajstić information content (AvgIpc) is 3.25. The van der Waals surface area contributed by atoms with Gasteiger partial charge in [-0.25, -0.2) is 4.98 Å². The molecule has 0 aliphatic heterocycles. The van der Waals surface area contributed by atoms with E-state index in [1.54, 1.807) is 30.5 Å². The second-order valence-electron chi connectivity index (χ2n) is 6.39. The molecule has 0 radical (unpaired) electrons. The number of carbonyl (C=O) groups excluding carboxylic acids is 1. The fourth-order valence-electron chi connectivity index (χ4n) is 2.41. The number of nitrogens with one attached hydrogen (secondary N) is 1. The van der Waals surface area contributed by atoms with Gasteiger partial charge in [-0.3, -0.25) is 4.79 Å². The zero-order valence-corrected chi connectivity index (χ0v) is 17.4. The molecule has 2 heterocycles. The van der Waals surface area contributed by atoms with Gasteiger partial charge in [-0.1, -0.05) is 28.1 Å². The van der Waals surface area contributed by atoms with Crippen LogP contribution >= 0.6 is 22.9 Å². The third-order valence-corrected chi connectivity index (χ3v) is 4.78. The smallest absolute Gasteiger partial charge is 0.279 e. The quantitative estimate of drug-likeness (QED) is 0.562. The third-order valence-electron chi connectivity index (χ3n) is 3.58. The molecule has 9 heteroatoms.